The maximum absolute atomic E-state index is 12.7. The van der Waals surface area contributed by atoms with E-state index in [9.17, 15) is 14.7 Å². The number of esters is 1. The Labute approximate surface area is 162 Å². The van der Waals surface area contributed by atoms with Gasteiger partial charge >= 0.3 is 5.97 Å². The van der Waals surface area contributed by atoms with Crippen LogP contribution in [0, 0.1) is 5.92 Å². The molecular formula is C20H22N4O4. The van der Waals surface area contributed by atoms with Crippen LogP contribution in [-0.4, -0.2) is 45.0 Å². The fraction of sp³-hybridized carbons (Fsp3) is 0.250. The first-order valence-corrected chi connectivity index (χ1v) is 8.79. The fourth-order valence-corrected chi connectivity index (χ4v) is 3.01. The second-order valence-corrected chi connectivity index (χ2v) is 6.40. The highest BCUT2D eigenvalue weighted by Gasteiger charge is 2.23. The van der Waals surface area contributed by atoms with E-state index in [2.05, 4.69) is 10.4 Å². The molecule has 8 nitrogen and oxygen atoms in total. The van der Waals surface area contributed by atoms with Crippen molar-refractivity contribution in [2.24, 2.45) is 13.0 Å². The summed E-state index contributed by atoms with van der Waals surface area (Å²) < 4.78 is 8.29. The Balaban J connectivity index is 1.72. The van der Waals surface area contributed by atoms with Crippen molar-refractivity contribution in [3.63, 3.8) is 0 Å². The summed E-state index contributed by atoms with van der Waals surface area (Å²) in [7, 11) is 3.08. The highest BCUT2D eigenvalue weighted by molar-refractivity contribution is 5.97. The summed E-state index contributed by atoms with van der Waals surface area (Å²) in [5, 5.41) is 16.4. The molecule has 2 N–H and O–H groups in total. The molecular weight excluding hydrogens is 360 g/mol. The number of benzene rings is 1. The number of carbonyl (C=O) groups is 2. The number of nitrogens with zero attached hydrogens (tertiary/aromatic N) is 3. The third-order valence-corrected chi connectivity index (χ3v) is 4.46. The van der Waals surface area contributed by atoms with Crippen molar-refractivity contribution in [3.8, 4) is 11.6 Å². The van der Waals surface area contributed by atoms with Crippen LogP contribution in [0.3, 0.4) is 0 Å². The molecule has 0 saturated carbocycles. The van der Waals surface area contributed by atoms with Crippen molar-refractivity contribution in [2.45, 2.75) is 6.42 Å². The van der Waals surface area contributed by atoms with Crippen LogP contribution >= 0.6 is 0 Å². The lowest BCUT2D eigenvalue weighted by molar-refractivity contribution is -0.145. The van der Waals surface area contributed by atoms with Gasteiger partial charge in [-0.15, -0.1) is 0 Å². The number of nitrogens with one attached hydrogen (secondary N) is 1. The summed E-state index contributed by atoms with van der Waals surface area (Å²) in [6.45, 7) is 0.117. The van der Waals surface area contributed by atoms with Gasteiger partial charge in [-0.25, -0.2) is 0 Å². The Hall–Kier alpha value is -3.55. The van der Waals surface area contributed by atoms with E-state index in [0.717, 1.165) is 5.56 Å². The number of aromatic nitrogens is 3. The molecule has 0 aliphatic rings. The molecule has 1 atom stereocenters. The quantitative estimate of drug-likeness (QED) is 0.606. The summed E-state index contributed by atoms with van der Waals surface area (Å²) >= 11 is 0. The summed E-state index contributed by atoms with van der Waals surface area (Å²) in [4.78, 5) is 24.9. The third-order valence-electron chi connectivity index (χ3n) is 4.46. The summed E-state index contributed by atoms with van der Waals surface area (Å²) in [6, 6.07) is 10.3. The molecule has 3 rings (SSSR count). The van der Waals surface area contributed by atoms with Gasteiger partial charge in [0.15, 0.2) is 0 Å². The molecule has 1 amide bonds. The average Bonchev–Trinajstić information content (AvgIpc) is 3.35. The number of amides is 1. The number of aryl methyl sites for hydroxylation is 1. The Morgan fingerprint density at radius 2 is 1.89 bits per heavy atom. The van der Waals surface area contributed by atoms with Crippen molar-refractivity contribution in [1.82, 2.24) is 19.7 Å². The zero-order valence-electron chi connectivity index (χ0n) is 15.7. The molecule has 2 aromatic heterocycles. The largest absolute Gasteiger partial charge is 0.508 e. The molecule has 0 aliphatic heterocycles. The second-order valence-electron chi connectivity index (χ2n) is 6.40. The molecule has 0 saturated heterocycles. The van der Waals surface area contributed by atoms with Crippen LogP contribution in [0.4, 0.5) is 0 Å². The molecule has 28 heavy (non-hydrogen) atoms. The van der Waals surface area contributed by atoms with Gasteiger partial charge in [0.1, 0.15) is 17.1 Å². The maximum atomic E-state index is 12.7. The number of phenols is 1. The first-order chi connectivity index (χ1) is 13.5. The van der Waals surface area contributed by atoms with Gasteiger partial charge < -0.3 is 19.7 Å². The van der Waals surface area contributed by atoms with E-state index in [1.54, 1.807) is 40.6 Å². The maximum Gasteiger partial charge on any atom is 0.310 e. The Morgan fingerprint density at radius 1 is 1.21 bits per heavy atom. The van der Waals surface area contributed by atoms with Gasteiger partial charge in [-0.2, -0.15) is 5.10 Å². The fourth-order valence-electron chi connectivity index (χ4n) is 3.01. The molecule has 0 spiro atoms. The lowest BCUT2D eigenvalue weighted by Gasteiger charge is -2.16. The van der Waals surface area contributed by atoms with E-state index in [1.165, 1.54) is 13.3 Å². The number of phenolic OH excluding ortho intramolecular Hbond substituents is 1. The molecule has 2 heterocycles. The average molecular weight is 382 g/mol. The highest BCUT2D eigenvalue weighted by Crippen LogP contribution is 2.16. The topological polar surface area (TPSA) is 98.4 Å². The van der Waals surface area contributed by atoms with Crippen LogP contribution in [0.15, 0.2) is 55.0 Å². The van der Waals surface area contributed by atoms with Crippen LogP contribution in [0.2, 0.25) is 0 Å². The van der Waals surface area contributed by atoms with E-state index in [1.807, 2.05) is 24.5 Å². The Kier molecular flexibility index (Phi) is 5.78. The predicted octanol–water partition coefficient (Wildman–Crippen LogP) is 1.68. The zero-order chi connectivity index (χ0) is 20.1. The van der Waals surface area contributed by atoms with Gasteiger partial charge in [0.05, 0.1) is 19.2 Å². The van der Waals surface area contributed by atoms with E-state index < -0.39 is 11.9 Å². The SMILES string of the molecule is COC(=O)C(CNC(=O)c1cnn(C)c1-n1cccc1)Cc1ccc(O)cc1. The molecule has 1 unspecified atom stereocenters. The highest BCUT2D eigenvalue weighted by atomic mass is 16.5. The molecule has 0 radical (unpaired) electrons. The number of methoxy groups -OCH3 is 1. The number of hydrogen-bond donors (Lipinski definition) is 2. The molecule has 0 aliphatic carbocycles. The monoisotopic (exact) mass is 382 g/mol. The minimum Gasteiger partial charge on any atom is -0.508 e. The standard InChI is InChI=1S/C20H22N4O4/c1-23-19(24-9-3-4-10-24)17(13-22-23)18(26)21-12-15(20(27)28-2)11-14-5-7-16(25)8-6-14/h3-10,13,15,25H,11-12H2,1-2H3,(H,21,26). The van der Waals surface area contributed by atoms with E-state index in [0.29, 0.717) is 17.8 Å². The predicted molar refractivity (Wildman–Crippen MR) is 102 cm³/mol. The van der Waals surface area contributed by atoms with E-state index in [-0.39, 0.29) is 18.2 Å². The number of ether oxygens (including phenoxy) is 1. The summed E-state index contributed by atoms with van der Waals surface area (Å²) in [6.07, 6.45) is 5.54. The van der Waals surface area contributed by atoms with Crippen LogP contribution in [-0.2, 0) is 23.0 Å². The van der Waals surface area contributed by atoms with Gasteiger partial charge in [-0.1, -0.05) is 12.1 Å². The van der Waals surface area contributed by atoms with Crippen molar-refractivity contribution >= 4 is 11.9 Å². The minimum absolute atomic E-state index is 0.117. The van der Waals surface area contributed by atoms with Crippen LogP contribution in [0.5, 0.6) is 5.75 Å². The van der Waals surface area contributed by atoms with Gasteiger partial charge in [0, 0.05) is 26.0 Å². The number of rotatable bonds is 7. The van der Waals surface area contributed by atoms with Crippen molar-refractivity contribution in [2.75, 3.05) is 13.7 Å². The van der Waals surface area contributed by atoms with Gasteiger partial charge in [-0.3, -0.25) is 14.3 Å². The van der Waals surface area contributed by atoms with Gasteiger partial charge in [0.25, 0.3) is 5.91 Å². The van der Waals surface area contributed by atoms with E-state index in [4.69, 9.17) is 4.74 Å². The smallest absolute Gasteiger partial charge is 0.310 e. The molecule has 0 bridgehead atoms. The third kappa shape index (κ3) is 4.22. The first-order valence-electron chi connectivity index (χ1n) is 8.79. The van der Waals surface area contributed by atoms with Crippen LogP contribution in [0.25, 0.3) is 5.82 Å². The summed E-state index contributed by atoms with van der Waals surface area (Å²) in [5.41, 5.74) is 1.27. The molecule has 146 valence electrons. The lowest BCUT2D eigenvalue weighted by Crippen LogP contribution is -2.35. The first kappa shape index (κ1) is 19.2. The molecule has 3 aromatic rings. The minimum atomic E-state index is -0.551. The van der Waals surface area contributed by atoms with Crippen LogP contribution < -0.4 is 5.32 Å². The number of aromatic hydroxyl groups is 1. The molecule has 0 fully saturated rings. The van der Waals surface area contributed by atoms with Crippen molar-refractivity contribution in [3.05, 3.63) is 66.1 Å². The zero-order valence-corrected chi connectivity index (χ0v) is 15.7. The Morgan fingerprint density at radius 3 is 2.54 bits per heavy atom. The van der Waals surface area contributed by atoms with E-state index >= 15 is 0 Å². The normalized spacial score (nSPS) is 11.8. The lowest BCUT2D eigenvalue weighted by atomic mass is 9.99. The van der Waals surface area contributed by atoms with Gasteiger partial charge in [0.2, 0.25) is 0 Å². The van der Waals surface area contributed by atoms with Gasteiger partial charge in [-0.05, 0) is 36.2 Å². The number of hydrogen-bond acceptors (Lipinski definition) is 5. The molecule has 8 heteroatoms. The Bertz CT molecular complexity index is 945. The van der Waals surface area contributed by atoms with Crippen LogP contribution in [0.1, 0.15) is 15.9 Å². The summed E-state index contributed by atoms with van der Waals surface area (Å²) in [5.74, 6) is -0.497. The number of carbonyl (C=O) groups excluding carboxylic acids is 2. The molecule has 1 aromatic carbocycles. The second kappa shape index (κ2) is 8.43. The van der Waals surface area contributed by atoms with Crippen molar-refractivity contribution in [1.29, 1.82) is 0 Å². The van der Waals surface area contributed by atoms with Crippen molar-refractivity contribution < 1.29 is 19.4 Å².